The Labute approximate surface area is 158 Å². The van der Waals surface area contributed by atoms with E-state index in [2.05, 4.69) is 0 Å². The van der Waals surface area contributed by atoms with Gasteiger partial charge in [-0.25, -0.2) is 0 Å². The number of amides is 1. The van der Waals surface area contributed by atoms with Crippen LogP contribution in [0.1, 0.15) is 34.3 Å². The van der Waals surface area contributed by atoms with Gasteiger partial charge in [-0.3, -0.25) is 4.79 Å². The summed E-state index contributed by atoms with van der Waals surface area (Å²) in [5.41, 5.74) is 4.58. The molecule has 0 unspecified atom stereocenters. The number of hydrogen-bond acceptors (Lipinski definition) is 5. The van der Waals surface area contributed by atoms with Gasteiger partial charge in [0.25, 0.3) is 0 Å². The molecule has 2 aromatic carbocycles. The van der Waals surface area contributed by atoms with Gasteiger partial charge in [0, 0.05) is 0 Å². The largest absolute Gasteiger partial charge is 0.493 e. The molecule has 2 aliphatic rings. The van der Waals surface area contributed by atoms with Gasteiger partial charge >= 0.3 is 0 Å². The maximum absolute atomic E-state index is 12.0. The highest BCUT2D eigenvalue weighted by Crippen LogP contribution is 2.50. The highest BCUT2D eigenvalue weighted by molar-refractivity contribution is 5.61. The quantitative estimate of drug-likeness (QED) is 0.758. The second kappa shape index (κ2) is 6.68. The fraction of sp³-hybridized carbons (Fsp3) is 0.381. The zero-order valence-electron chi connectivity index (χ0n) is 15.9. The van der Waals surface area contributed by atoms with E-state index in [9.17, 15) is 4.79 Å². The average Bonchev–Trinajstić information content (AvgIpc) is 2.71. The van der Waals surface area contributed by atoms with Gasteiger partial charge in [-0.2, -0.15) is 0 Å². The van der Waals surface area contributed by atoms with E-state index in [1.807, 2.05) is 29.2 Å². The molecule has 6 nitrogen and oxygen atoms in total. The van der Waals surface area contributed by atoms with E-state index in [1.54, 1.807) is 28.4 Å². The first kappa shape index (κ1) is 17.5. The molecule has 0 aromatic heterocycles. The van der Waals surface area contributed by atoms with Crippen molar-refractivity contribution in [3.05, 3.63) is 46.5 Å². The van der Waals surface area contributed by atoms with Crippen LogP contribution in [0.4, 0.5) is 0 Å². The molecule has 0 N–H and O–H groups in total. The Kier molecular flexibility index (Phi) is 4.34. The van der Waals surface area contributed by atoms with Crippen LogP contribution in [0, 0.1) is 0 Å². The van der Waals surface area contributed by atoms with Crippen molar-refractivity contribution < 1.29 is 23.7 Å². The van der Waals surface area contributed by atoms with Crippen LogP contribution in [0.25, 0.3) is 0 Å². The Balaban J connectivity index is 1.87. The lowest BCUT2D eigenvalue weighted by atomic mass is 9.76. The number of ether oxygens (including phenoxy) is 4. The Bertz CT molecular complexity index is 825. The second-order valence-electron chi connectivity index (χ2n) is 6.80. The predicted octanol–water partition coefficient (Wildman–Crippen LogP) is 3.07. The molecule has 142 valence electrons. The standard InChI is InChI=1S/C21H23NO5/c1-24-18-7-12-5-16-15-10-21(27-4)19(25-2)8-13(15)6-17(22(16)11-23)14(12)9-20(18)26-3/h7-11,16-17H,5-6H2,1-4H3/t16-,17-/m0/s1. The van der Waals surface area contributed by atoms with E-state index in [1.165, 1.54) is 11.1 Å². The van der Waals surface area contributed by atoms with Crippen LogP contribution < -0.4 is 18.9 Å². The minimum absolute atomic E-state index is 0.0401. The summed E-state index contributed by atoms with van der Waals surface area (Å²) in [6.07, 6.45) is 2.38. The molecular weight excluding hydrogens is 346 g/mol. The summed E-state index contributed by atoms with van der Waals surface area (Å²) in [7, 11) is 6.53. The first-order valence-electron chi connectivity index (χ1n) is 8.87. The van der Waals surface area contributed by atoms with E-state index in [0.717, 1.165) is 17.5 Å². The Morgan fingerprint density at radius 1 is 0.741 bits per heavy atom. The highest BCUT2D eigenvalue weighted by Gasteiger charge is 2.41. The molecule has 0 aliphatic carbocycles. The zero-order valence-corrected chi connectivity index (χ0v) is 15.9. The number of hydrogen-bond donors (Lipinski definition) is 0. The highest BCUT2D eigenvalue weighted by atomic mass is 16.5. The molecule has 6 heteroatoms. The van der Waals surface area contributed by atoms with Crippen molar-refractivity contribution in [1.29, 1.82) is 0 Å². The number of rotatable bonds is 5. The Hall–Kier alpha value is -2.89. The normalized spacial score (nSPS) is 19.6. The number of methoxy groups -OCH3 is 4. The third-order valence-electron chi connectivity index (χ3n) is 5.68. The predicted molar refractivity (Wildman–Crippen MR) is 99.9 cm³/mol. The molecule has 2 aliphatic heterocycles. The topological polar surface area (TPSA) is 57.2 Å². The van der Waals surface area contributed by atoms with Crippen molar-refractivity contribution in [1.82, 2.24) is 4.90 Å². The molecule has 0 fully saturated rings. The third kappa shape index (κ3) is 2.59. The summed E-state index contributed by atoms with van der Waals surface area (Å²) in [6.45, 7) is 0. The first-order valence-corrected chi connectivity index (χ1v) is 8.87. The SMILES string of the molecule is COc1cc2c(cc1OC)[C@@H]1Cc3cc(OC)c(OC)cc3[C@H](C2)N1C=O. The van der Waals surface area contributed by atoms with Crippen LogP contribution in [-0.4, -0.2) is 39.7 Å². The van der Waals surface area contributed by atoms with Crippen LogP contribution in [0.3, 0.4) is 0 Å². The zero-order chi connectivity index (χ0) is 19.1. The maximum atomic E-state index is 12.0. The minimum Gasteiger partial charge on any atom is -0.493 e. The Morgan fingerprint density at radius 2 is 1.11 bits per heavy atom. The van der Waals surface area contributed by atoms with E-state index in [4.69, 9.17) is 18.9 Å². The van der Waals surface area contributed by atoms with Crippen molar-refractivity contribution in [2.75, 3.05) is 28.4 Å². The molecule has 2 atom stereocenters. The van der Waals surface area contributed by atoms with Gasteiger partial charge in [0.2, 0.25) is 6.41 Å². The van der Waals surface area contributed by atoms with Gasteiger partial charge in [0.1, 0.15) is 0 Å². The molecule has 27 heavy (non-hydrogen) atoms. The summed E-state index contributed by atoms with van der Waals surface area (Å²) in [6, 6.07) is 7.97. The molecule has 4 rings (SSSR count). The lowest BCUT2D eigenvalue weighted by Gasteiger charge is -2.46. The van der Waals surface area contributed by atoms with Crippen molar-refractivity contribution in [2.24, 2.45) is 0 Å². The van der Waals surface area contributed by atoms with Gasteiger partial charge < -0.3 is 23.8 Å². The monoisotopic (exact) mass is 369 g/mol. The summed E-state index contributed by atoms with van der Waals surface area (Å²) >= 11 is 0. The van der Waals surface area contributed by atoms with Crippen molar-refractivity contribution in [3.63, 3.8) is 0 Å². The smallest absolute Gasteiger partial charge is 0.210 e. The summed E-state index contributed by atoms with van der Waals surface area (Å²) in [5, 5.41) is 0. The van der Waals surface area contributed by atoms with Gasteiger partial charge in [0.15, 0.2) is 23.0 Å². The lowest BCUT2D eigenvalue weighted by Crippen LogP contribution is -2.42. The molecule has 0 spiro atoms. The maximum Gasteiger partial charge on any atom is 0.210 e. The van der Waals surface area contributed by atoms with E-state index in [-0.39, 0.29) is 12.1 Å². The van der Waals surface area contributed by atoms with Crippen LogP contribution >= 0.6 is 0 Å². The van der Waals surface area contributed by atoms with Crippen molar-refractivity contribution in [3.8, 4) is 23.0 Å². The number of carbonyl (C=O) groups excluding carboxylic acids is 1. The summed E-state index contributed by atoms with van der Waals surface area (Å²) < 4.78 is 21.9. The second-order valence-corrected chi connectivity index (χ2v) is 6.80. The molecule has 0 saturated carbocycles. The van der Waals surface area contributed by atoms with Crippen molar-refractivity contribution in [2.45, 2.75) is 24.9 Å². The molecule has 1 amide bonds. The molecule has 2 aromatic rings. The number of benzene rings is 2. The number of nitrogens with zero attached hydrogens (tertiary/aromatic N) is 1. The van der Waals surface area contributed by atoms with Crippen LogP contribution in [0.15, 0.2) is 24.3 Å². The van der Waals surface area contributed by atoms with Gasteiger partial charge in [-0.05, 0) is 59.4 Å². The summed E-state index contributed by atoms with van der Waals surface area (Å²) in [5.74, 6) is 2.78. The number of carbonyl (C=O) groups is 1. The molecular formula is C21H23NO5. The molecule has 2 heterocycles. The first-order chi connectivity index (χ1) is 13.1. The number of fused-ring (bicyclic) bond motifs is 6. The van der Waals surface area contributed by atoms with Crippen LogP contribution in [0.2, 0.25) is 0 Å². The van der Waals surface area contributed by atoms with E-state index in [0.29, 0.717) is 35.8 Å². The average molecular weight is 369 g/mol. The van der Waals surface area contributed by atoms with Crippen molar-refractivity contribution >= 4 is 6.41 Å². The third-order valence-corrected chi connectivity index (χ3v) is 5.68. The van der Waals surface area contributed by atoms with Crippen LogP contribution in [-0.2, 0) is 17.6 Å². The van der Waals surface area contributed by atoms with Crippen LogP contribution in [0.5, 0.6) is 23.0 Å². The van der Waals surface area contributed by atoms with Gasteiger partial charge in [0.05, 0.1) is 40.5 Å². The van der Waals surface area contributed by atoms with Gasteiger partial charge in [-0.15, -0.1) is 0 Å². The van der Waals surface area contributed by atoms with Gasteiger partial charge in [-0.1, -0.05) is 0 Å². The molecule has 2 bridgehead atoms. The minimum atomic E-state index is -0.0401. The fourth-order valence-electron chi connectivity index (χ4n) is 4.38. The molecule has 0 radical (unpaired) electrons. The van der Waals surface area contributed by atoms with E-state index < -0.39 is 0 Å². The Morgan fingerprint density at radius 3 is 1.44 bits per heavy atom. The molecule has 0 saturated heterocycles. The summed E-state index contributed by atoms with van der Waals surface area (Å²) in [4.78, 5) is 13.9. The lowest BCUT2D eigenvalue weighted by molar-refractivity contribution is -0.124. The van der Waals surface area contributed by atoms with E-state index >= 15 is 0 Å². The fourth-order valence-corrected chi connectivity index (χ4v) is 4.38.